The summed E-state index contributed by atoms with van der Waals surface area (Å²) in [5.74, 6) is 1.23. The topological polar surface area (TPSA) is 223 Å². The van der Waals surface area contributed by atoms with E-state index in [1.165, 1.54) is 5.57 Å². The van der Waals surface area contributed by atoms with E-state index in [0.29, 0.717) is 171 Å². The molecular formula is C60H78N3O14S+. The number of rotatable bonds is 28. The molecule has 0 radical (unpaired) electrons. The van der Waals surface area contributed by atoms with Crippen molar-refractivity contribution in [1.82, 2.24) is 10.6 Å². The summed E-state index contributed by atoms with van der Waals surface area (Å²) < 4.78 is 68.3. The molecule has 4 unspecified atom stereocenters. The zero-order valence-corrected chi connectivity index (χ0v) is 46.6. The van der Waals surface area contributed by atoms with Gasteiger partial charge in [0.25, 0.3) is 16.0 Å². The predicted molar refractivity (Wildman–Crippen MR) is 293 cm³/mol. The lowest BCUT2D eigenvalue weighted by Gasteiger charge is -2.59. The average Bonchev–Trinajstić information content (AvgIpc) is 3.86. The van der Waals surface area contributed by atoms with E-state index < -0.39 is 21.8 Å². The molecule has 0 saturated heterocycles. The normalized spacial score (nSPS) is 22.9. The maximum absolute atomic E-state index is 14.1. The van der Waals surface area contributed by atoms with E-state index in [2.05, 4.69) is 24.5 Å². The maximum Gasteiger partial charge on any atom is 0.345 e. The number of nitrogens with one attached hydrogen (secondary N) is 2. The molecule has 2 amide bonds. The third-order valence-corrected chi connectivity index (χ3v) is 17.8. The first-order valence-electron chi connectivity index (χ1n) is 27.8. The van der Waals surface area contributed by atoms with Crippen molar-refractivity contribution >= 4 is 61.3 Å². The number of aryl methyl sites for hydroxylation is 3. The molecule has 8 rings (SSSR count). The number of esters is 1. The molecule has 3 aromatic carbocycles. The van der Waals surface area contributed by atoms with Crippen LogP contribution in [0.1, 0.15) is 110 Å². The van der Waals surface area contributed by atoms with Crippen LogP contribution in [0.3, 0.4) is 0 Å². The second-order valence-electron chi connectivity index (χ2n) is 22.0. The largest absolute Gasteiger partial charge is 0.422 e. The Labute approximate surface area is 458 Å². The van der Waals surface area contributed by atoms with Crippen molar-refractivity contribution in [3.8, 4) is 5.75 Å². The van der Waals surface area contributed by atoms with Gasteiger partial charge in [-0.05, 0) is 123 Å². The molecular weight excluding hydrogens is 1020 g/mol. The minimum Gasteiger partial charge on any atom is -0.422 e. The van der Waals surface area contributed by atoms with Crippen molar-refractivity contribution in [1.29, 1.82) is 0 Å². The number of nitrogens with zero attached hydrogens (tertiary/aromatic N) is 1. The highest BCUT2D eigenvalue weighted by Crippen LogP contribution is 2.66. The van der Waals surface area contributed by atoms with Crippen LogP contribution in [-0.2, 0) is 54.7 Å². The van der Waals surface area contributed by atoms with Gasteiger partial charge in [-0.1, -0.05) is 43.7 Å². The molecule has 4 aliphatic carbocycles. The van der Waals surface area contributed by atoms with Gasteiger partial charge in [0.1, 0.15) is 11.5 Å². The van der Waals surface area contributed by atoms with Crippen LogP contribution in [0.25, 0.3) is 21.8 Å². The Morgan fingerprint density at radius 3 is 1.86 bits per heavy atom. The number of allylic oxidation sites excluding steroid dienone is 1. The monoisotopic (exact) mass is 1100 g/mol. The van der Waals surface area contributed by atoms with E-state index in [-0.39, 0.29) is 48.0 Å². The van der Waals surface area contributed by atoms with Crippen molar-refractivity contribution in [2.75, 3.05) is 84.9 Å². The van der Waals surface area contributed by atoms with Crippen molar-refractivity contribution in [2.24, 2.45) is 34.5 Å². The first-order valence-corrected chi connectivity index (χ1v) is 29.4. The van der Waals surface area contributed by atoms with E-state index in [1.807, 2.05) is 59.2 Å². The molecule has 78 heavy (non-hydrogen) atoms. The number of Topliss-reactive ketones (excluding diaryl/α,β-unsaturated/α-hetero) is 1. The summed E-state index contributed by atoms with van der Waals surface area (Å²) in [4.78, 5) is 65.7. The van der Waals surface area contributed by atoms with Gasteiger partial charge in [0, 0.05) is 61.9 Å². The van der Waals surface area contributed by atoms with Crippen molar-refractivity contribution in [3.05, 3.63) is 94.6 Å². The summed E-state index contributed by atoms with van der Waals surface area (Å²) >= 11 is 0. The average molecular weight is 1100 g/mol. The van der Waals surface area contributed by atoms with Crippen molar-refractivity contribution < 1.29 is 69.9 Å². The minimum atomic E-state index is -4.14. The van der Waals surface area contributed by atoms with Gasteiger partial charge < -0.3 is 39.1 Å². The second kappa shape index (κ2) is 26.7. The maximum atomic E-state index is 14.1. The van der Waals surface area contributed by atoms with E-state index in [0.717, 1.165) is 38.5 Å². The zero-order valence-electron chi connectivity index (χ0n) is 45.7. The van der Waals surface area contributed by atoms with Crippen LogP contribution in [0.5, 0.6) is 5.75 Å². The summed E-state index contributed by atoms with van der Waals surface area (Å²) in [5.41, 5.74) is 4.43. The molecule has 1 aromatic heterocycles. The number of pyridine rings is 1. The fraction of sp³-hybridized carbons (Fsp3) is 0.567. The van der Waals surface area contributed by atoms with E-state index in [1.54, 1.807) is 26.0 Å². The molecule has 0 bridgehead atoms. The number of para-hydroxylation sites is 2. The van der Waals surface area contributed by atoms with Crippen LogP contribution in [0.2, 0.25) is 0 Å². The highest BCUT2D eigenvalue weighted by molar-refractivity contribution is 7.85. The highest BCUT2D eigenvalue weighted by Gasteiger charge is 2.61. The Hall–Kier alpha value is -5.47. The Kier molecular flexibility index (Phi) is 20.1. The molecule has 4 aliphatic rings. The number of carbonyl (C=O) groups excluding carboxylic acids is 5. The summed E-state index contributed by atoms with van der Waals surface area (Å²) in [6.07, 6.45) is 9.18. The smallest absolute Gasteiger partial charge is 0.345 e. The van der Waals surface area contributed by atoms with Crippen LogP contribution < -0.4 is 19.9 Å². The number of ether oxygens (including phenoxy) is 6. The van der Waals surface area contributed by atoms with Gasteiger partial charge in [0.05, 0.1) is 88.2 Å². The van der Waals surface area contributed by atoms with E-state index >= 15 is 0 Å². The molecule has 18 heteroatoms. The first kappa shape index (κ1) is 58.7. The Bertz CT molecular complexity index is 2900. The van der Waals surface area contributed by atoms with Crippen molar-refractivity contribution in [2.45, 2.75) is 98.4 Å². The van der Waals surface area contributed by atoms with Gasteiger partial charge >= 0.3 is 5.97 Å². The number of hydrogen-bond donors (Lipinski definition) is 3. The van der Waals surface area contributed by atoms with Gasteiger partial charge in [-0.25, -0.2) is 4.79 Å². The standard InChI is InChI=1S/C60H77N3O14S/c1-40-36-43(37-41(2)56(40)77-58(68)55-46-10-5-7-12-50(46)63(24-9-35-78(69,70)71)51-13-8-6-11-47(51)55)57(67)62-23-26-73-28-30-75-32-34-76-33-31-74-29-27-72-25-22-61-53(66)17-14-42-38-44-39-45(64)18-20-59(44,3)49-19-21-60(4)48(54(42)49)15-16-52(60)65/h5-8,10-13,36-37,39,42,48-49,54H,9,14-35,38H2,1-4H3,(H2-,61,62,66,67,69,70,71)/p+1/t42?,48?,49?,54?,59-,60-/m0/s1. The number of aromatic nitrogens is 1. The summed E-state index contributed by atoms with van der Waals surface area (Å²) in [6, 6.07) is 18.0. The molecule has 3 N–H and O–H groups in total. The molecule has 3 fully saturated rings. The van der Waals surface area contributed by atoms with Gasteiger partial charge in [-0.15, -0.1) is 0 Å². The Morgan fingerprint density at radius 1 is 0.718 bits per heavy atom. The summed E-state index contributed by atoms with van der Waals surface area (Å²) in [5, 5.41) is 7.12. The van der Waals surface area contributed by atoms with Crippen LogP contribution in [0.4, 0.5) is 0 Å². The predicted octanol–water partition coefficient (Wildman–Crippen LogP) is 7.43. The minimum absolute atomic E-state index is 0.00311. The highest BCUT2D eigenvalue weighted by atomic mass is 32.2. The van der Waals surface area contributed by atoms with Gasteiger partial charge in [-0.2, -0.15) is 13.0 Å². The third-order valence-electron chi connectivity index (χ3n) is 17.0. The molecule has 6 atom stereocenters. The van der Waals surface area contributed by atoms with Crippen LogP contribution in [-0.4, -0.2) is 127 Å². The Morgan fingerprint density at radius 2 is 1.27 bits per heavy atom. The lowest BCUT2D eigenvalue weighted by molar-refractivity contribution is -0.645. The number of hydrogen-bond acceptors (Lipinski definition) is 13. The molecule has 0 spiro atoms. The van der Waals surface area contributed by atoms with Crippen LogP contribution in [0, 0.1) is 48.3 Å². The zero-order chi connectivity index (χ0) is 55.5. The van der Waals surface area contributed by atoms with Gasteiger partial charge in [-0.3, -0.25) is 23.7 Å². The molecule has 422 valence electrons. The lowest BCUT2D eigenvalue weighted by Crippen LogP contribution is -2.53. The van der Waals surface area contributed by atoms with E-state index in [4.69, 9.17) is 28.4 Å². The molecule has 0 aliphatic heterocycles. The number of carbonyl (C=O) groups is 5. The Balaban J connectivity index is 0.644. The van der Waals surface area contributed by atoms with Crippen LogP contribution in [0.15, 0.2) is 72.3 Å². The molecule has 1 heterocycles. The molecule has 4 aromatic rings. The third kappa shape index (κ3) is 14.1. The summed E-state index contributed by atoms with van der Waals surface area (Å²) in [7, 11) is -4.14. The number of fused-ring (bicyclic) bond motifs is 7. The quantitative estimate of drug-likeness (QED) is 0.0126. The first-order chi connectivity index (χ1) is 37.5. The number of amides is 2. The summed E-state index contributed by atoms with van der Waals surface area (Å²) in [6.45, 7) is 12.9. The molecule has 3 saturated carbocycles. The molecule has 17 nitrogen and oxygen atoms in total. The second-order valence-corrected chi connectivity index (χ2v) is 23.5. The fourth-order valence-electron chi connectivity index (χ4n) is 13.1. The van der Waals surface area contributed by atoms with Gasteiger partial charge in [0.15, 0.2) is 12.3 Å². The lowest BCUT2D eigenvalue weighted by atomic mass is 9.44. The van der Waals surface area contributed by atoms with Gasteiger partial charge in [0.2, 0.25) is 16.9 Å². The SMILES string of the molecule is Cc1cc(C(=O)NCCOCCOCCOCCOCCOCCNC(=O)CCC2CC3=CC(=O)CC[C@]3(C)C3CC[C@]4(C)C(=O)CCC4C23)cc(C)c1OC(=O)c1c2ccccc2[n+](CCCS(=O)(=O)O)c2ccccc12. The number of benzene rings is 3. The fourth-order valence-corrected chi connectivity index (χ4v) is 13.6. The van der Waals surface area contributed by atoms with Crippen LogP contribution >= 0.6 is 0 Å². The van der Waals surface area contributed by atoms with E-state index in [9.17, 15) is 36.9 Å². The van der Waals surface area contributed by atoms with Crippen molar-refractivity contribution in [3.63, 3.8) is 0 Å². The number of ketones is 2.